The normalized spacial score (nSPS) is 11.8. The highest BCUT2D eigenvalue weighted by Gasteiger charge is 2.18. The van der Waals surface area contributed by atoms with Crippen LogP contribution < -0.4 is 16.4 Å². The molecule has 1 unspecified atom stereocenters. The molecular weight excluding hydrogens is 324 g/mol. The summed E-state index contributed by atoms with van der Waals surface area (Å²) in [6, 6.07) is 6.53. The number of nitrogens with one attached hydrogen (secondary N) is 2. The van der Waals surface area contributed by atoms with Crippen LogP contribution >= 0.6 is 11.3 Å². The summed E-state index contributed by atoms with van der Waals surface area (Å²) in [7, 11) is 0. The van der Waals surface area contributed by atoms with Crippen LogP contribution in [0.2, 0.25) is 0 Å². The molecule has 2 aromatic rings. The smallest absolute Gasteiger partial charge is 0.312 e. The average Bonchev–Trinajstić information content (AvgIpc) is 2.92. The molecule has 0 bridgehead atoms. The van der Waals surface area contributed by atoms with Crippen LogP contribution in [0.1, 0.15) is 34.3 Å². The zero-order valence-electron chi connectivity index (χ0n) is 13.8. The molecule has 2 rings (SSSR count). The summed E-state index contributed by atoms with van der Waals surface area (Å²) in [5, 5.41) is 8.52. The molecule has 0 aliphatic heterocycles. The molecule has 0 radical (unpaired) electrons. The summed E-state index contributed by atoms with van der Waals surface area (Å²) in [5.74, 6) is -0.135. The van der Waals surface area contributed by atoms with Crippen molar-refractivity contribution in [1.82, 2.24) is 15.6 Å². The van der Waals surface area contributed by atoms with Crippen molar-refractivity contribution < 1.29 is 9.59 Å². The van der Waals surface area contributed by atoms with Crippen LogP contribution in [0.5, 0.6) is 0 Å². The number of benzene rings is 1. The zero-order valence-corrected chi connectivity index (χ0v) is 14.7. The fourth-order valence-electron chi connectivity index (χ4n) is 2.50. The van der Waals surface area contributed by atoms with E-state index < -0.39 is 12.1 Å². The largest absolute Gasteiger partial charge is 0.356 e. The van der Waals surface area contributed by atoms with Gasteiger partial charge >= 0.3 is 6.03 Å². The van der Waals surface area contributed by atoms with Gasteiger partial charge in [-0.1, -0.05) is 24.3 Å². The number of primary amides is 1. The number of carbonyl (C=O) groups is 2. The number of aromatic nitrogens is 1. The number of carbonyl (C=O) groups excluding carboxylic acids is 2. The quantitative estimate of drug-likeness (QED) is 0.717. The Morgan fingerprint density at radius 3 is 2.67 bits per heavy atom. The average molecular weight is 346 g/mol. The minimum atomic E-state index is -0.644. The lowest BCUT2D eigenvalue weighted by Crippen LogP contribution is -2.37. The molecule has 3 amide bonds. The summed E-state index contributed by atoms with van der Waals surface area (Å²) in [6.45, 7) is 4.40. The van der Waals surface area contributed by atoms with Crippen molar-refractivity contribution in [3.63, 3.8) is 0 Å². The van der Waals surface area contributed by atoms with Crippen LogP contribution in [-0.2, 0) is 11.2 Å². The molecule has 4 N–H and O–H groups in total. The lowest BCUT2D eigenvalue weighted by atomic mass is 9.98. The summed E-state index contributed by atoms with van der Waals surface area (Å²) >= 11 is 1.59. The summed E-state index contributed by atoms with van der Waals surface area (Å²) < 4.78 is 0. The van der Waals surface area contributed by atoms with Crippen LogP contribution in [0.3, 0.4) is 0 Å². The predicted octanol–water partition coefficient (Wildman–Crippen LogP) is 2.22. The van der Waals surface area contributed by atoms with E-state index in [0.717, 1.165) is 21.8 Å². The number of urea groups is 1. The number of thiazole rings is 1. The van der Waals surface area contributed by atoms with Crippen molar-refractivity contribution in [1.29, 1.82) is 0 Å². The Bertz CT molecular complexity index is 714. The number of rotatable bonds is 7. The lowest BCUT2D eigenvalue weighted by Gasteiger charge is -2.19. The number of aryl methyl sites for hydroxylation is 2. The van der Waals surface area contributed by atoms with E-state index in [1.165, 1.54) is 0 Å². The maximum Gasteiger partial charge on any atom is 0.312 e. The molecule has 0 saturated carbocycles. The van der Waals surface area contributed by atoms with E-state index in [0.29, 0.717) is 13.0 Å². The molecule has 7 heteroatoms. The molecule has 1 heterocycles. The lowest BCUT2D eigenvalue weighted by molar-refractivity contribution is -0.121. The molecule has 1 aromatic heterocycles. The minimum Gasteiger partial charge on any atom is -0.356 e. The maximum atomic E-state index is 12.2. The van der Waals surface area contributed by atoms with Crippen molar-refractivity contribution in [3.05, 3.63) is 51.5 Å². The Morgan fingerprint density at radius 2 is 2.04 bits per heavy atom. The molecule has 0 saturated heterocycles. The second kappa shape index (κ2) is 8.44. The first-order valence-electron chi connectivity index (χ1n) is 7.75. The van der Waals surface area contributed by atoms with Gasteiger partial charge in [0.05, 0.1) is 23.2 Å². The summed E-state index contributed by atoms with van der Waals surface area (Å²) in [5.41, 5.74) is 8.11. The first-order chi connectivity index (χ1) is 11.5. The Morgan fingerprint density at radius 1 is 1.29 bits per heavy atom. The van der Waals surface area contributed by atoms with Crippen LogP contribution in [0, 0.1) is 13.8 Å². The fourth-order valence-corrected chi connectivity index (χ4v) is 3.15. The van der Waals surface area contributed by atoms with Gasteiger partial charge in [-0.2, -0.15) is 0 Å². The van der Waals surface area contributed by atoms with Crippen LogP contribution in [0.4, 0.5) is 4.79 Å². The van der Waals surface area contributed by atoms with Gasteiger partial charge < -0.3 is 16.4 Å². The van der Waals surface area contributed by atoms with E-state index in [-0.39, 0.29) is 12.3 Å². The molecule has 0 fully saturated rings. The van der Waals surface area contributed by atoms with E-state index in [1.54, 1.807) is 11.3 Å². The summed E-state index contributed by atoms with van der Waals surface area (Å²) in [6.07, 6.45) is 0.832. The van der Waals surface area contributed by atoms with Gasteiger partial charge in [0.1, 0.15) is 0 Å². The Hall–Kier alpha value is -2.41. The van der Waals surface area contributed by atoms with Crippen LogP contribution in [0.15, 0.2) is 29.6 Å². The standard InChI is InChI=1S/C17H22N4O2S/c1-11-5-3-4-6-14(11)15(21-17(18)23)9-16(22)19-8-7-13-10-24-12(2)20-13/h3-6,10,15H,7-9H2,1-2H3,(H,19,22)(H3,18,21,23). The van der Waals surface area contributed by atoms with Gasteiger partial charge in [0.2, 0.25) is 5.91 Å². The van der Waals surface area contributed by atoms with E-state index in [4.69, 9.17) is 5.73 Å². The van der Waals surface area contributed by atoms with Gasteiger partial charge in [0.15, 0.2) is 0 Å². The minimum absolute atomic E-state index is 0.135. The van der Waals surface area contributed by atoms with Gasteiger partial charge in [-0.25, -0.2) is 9.78 Å². The van der Waals surface area contributed by atoms with Crippen molar-refractivity contribution in [2.24, 2.45) is 5.73 Å². The zero-order chi connectivity index (χ0) is 17.5. The van der Waals surface area contributed by atoms with Gasteiger partial charge in [-0.15, -0.1) is 11.3 Å². The first kappa shape index (κ1) is 17.9. The van der Waals surface area contributed by atoms with Crippen molar-refractivity contribution in [2.45, 2.75) is 32.7 Å². The van der Waals surface area contributed by atoms with E-state index in [9.17, 15) is 9.59 Å². The Labute approximate surface area is 145 Å². The van der Waals surface area contributed by atoms with Gasteiger partial charge in [-0.3, -0.25) is 4.79 Å². The Balaban J connectivity index is 1.92. The molecule has 1 aromatic carbocycles. The molecule has 24 heavy (non-hydrogen) atoms. The third kappa shape index (κ3) is 5.34. The molecule has 1 atom stereocenters. The second-order valence-corrected chi connectivity index (χ2v) is 6.64. The maximum absolute atomic E-state index is 12.2. The highest BCUT2D eigenvalue weighted by Crippen LogP contribution is 2.20. The van der Waals surface area contributed by atoms with Crippen LogP contribution in [0.25, 0.3) is 0 Å². The number of nitrogens with two attached hydrogens (primary N) is 1. The number of amides is 3. The number of hydrogen-bond donors (Lipinski definition) is 3. The topological polar surface area (TPSA) is 97.1 Å². The highest BCUT2D eigenvalue weighted by molar-refractivity contribution is 7.09. The molecule has 0 spiro atoms. The summed E-state index contributed by atoms with van der Waals surface area (Å²) in [4.78, 5) is 27.8. The van der Waals surface area contributed by atoms with E-state index in [2.05, 4.69) is 15.6 Å². The van der Waals surface area contributed by atoms with Crippen molar-refractivity contribution in [3.8, 4) is 0 Å². The Kier molecular flexibility index (Phi) is 6.31. The number of nitrogens with zero attached hydrogens (tertiary/aromatic N) is 1. The molecule has 0 aliphatic carbocycles. The SMILES string of the molecule is Cc1nc(CCNC(=O)CC(NC(N)=O)c2ccccc2C)cs1. The third-order valence-electron chi connectivity index (χ3n) is 3.64. The number of hydrogen-bond acceptors (Lipinski definition) is 4. The van der Waals surface area contributed by atoms with Gasteiger partial charge in [0, 0.05) is 18.3 Å². The van der Waals surface area contributed by atoms with Crippen molar-refractivity contribution >= 4 is 23.3 Å². The van der Waals surface area contributed by atoms with E-state index in [1.807, 2.05) is 43.5 Å². The van der Waals surface area contributed by atoms with Gasteiger partial charge in [-0.05, 0) is 25.0 Å². The fraction of sp³-hybridized carbons (Fsp3) is 0.353. The van der Waals surface area contributed by atoms with E-state index >= 15 is 0 Å². The highest BCUT2D eigenvalue weighted by atomic mass is 32.1. The molecule has 6 nitrogen and oxygen atoms in total. The monoisotopic (exact) mass is 346 g/mol. The second-order valence-electron chi connectivity index (χ2n) is 5.58. The first-order valence-corrected chi connectivity index (χ1v) is 8.63. The molecule has 0 aliphatic rings. The molecule has 128 valence electrons. The van der Waals surface area contributed by atoms with Gasteiger partial charge in [0.25, 0.3) is 0 Å². The predicted molar refractivity (Wildman–Crippen MR) is 94.8 cm³/mol. The molecular formula is C17H22N4O2S. The third-order valence-corrected chi connectivity index (χ3v) is 4.46. The van der Waals surface area contributed by atoms with Crippen molar-refractivity contribution in [2.75, 3.05) is 6.54 Å². The van der Waals surface area contributed by atoms with Crippen LogP contribution in [-0.4, -0.2) is 23.5 Å².